The number of halogens is 4. The summed E-state index contributed by atoms with van der Waals surface area (Å²) < 4.78 is 43.0. The standard InChI is InChI=1S/C13H12ClF3O2/c1-19-12(18)10(7-5-6-7)8-3-2-4-9(11(8)14)13(15,16)17/h2-4,7,10H,5-6H2,1H3. The third-order valence-electron chi connectivity index (χ3n) is 3.22. The molecule has 0 aromatic heterocycles. The van der Waals surface area contributed by atoms with E-state index in [1.54, 1.807) is 0 Å². The summed E-state index contributed by atoms with van der Waals surface area (Å²) in [6.07, 6.45) is -2.93. The lowest BCUT2D eigenvalue weighted by Crippen LogP contribution is -2.18. The summed E-state index contributed by atoms with van der Waals surface area (Å²) in [6, 6.07) is 3.63. The molecule has 19 heavy (non-hydrogen) atoms. The fourth-order valence-electron chi connectivity index (χ4n) is 2.14. The molecule has 0 aliphatic heterocycles. The van der Waals surface area contributed by atoms with Crippen molar-refractivity contribution in [3.63, 3.8) is 0 Å². The van der Waals surface area contributed by atoms with Crippen LogP contribution in [-0.2, 0) is 15.7 Å². The van der Waals surface area contributed by atoms with E-state index in [-0.39, 0.29) is 11.5 Å². The Kier molecular flexibility index (Phi) is 3.76. The number of alkyl halides is 3. The maximum atomic E-state index is 12.8. The average Bonchev–Trinajstić information content (AvgIpc) is 3.14. The Morgan fingerprint density at radius 3 is 2.53 bits per heavy atom. The van der Waals surface area contributed by atoms with Crippen molar-refractivity contribution in [2.24, 2.45) is 5.92 Å². The zero-order valence-electron chi connectivity index (χ0n) is 10.1. The number of hydrogen-bond donors (Lipinski definition) is 0. The topological polar surface area (TPSA) is 26.3 Å². The second-order valence-corrected chi connectivity index (χ2v) is 4.92. The highest BCUT2D eigenvalue weighted by Crippen LogP contribution is 2.47. The zero-order chi connectivity index (χ0) is 14.2. The average molecular weight is 293 g/mol. The predicted molar refractivity (Wildman–Crippen MR) is 63.9 cm³/mol. The molecule has 6 heteroatoms. The molecule has 1 aliphatic carbocycles. The van der Waals surface area contributed by atoms with Gasteiger partial charge in [0.2, 0.25) is 0 Å². The Bertz CT molecular complexity index is 495. The first kappa shape index (κ1) is 14.2. The molecule has 1 unspecified atom stereocenters. The molecule has 1 aliphatic rings. The number of carbonyl (C=O) groups is 1. The van der Waals surface area contributed by atoms with Gasteiger partial charge in [0, 0.05) is 0 Å². The normalized spacial score (nSPS) is 17.1. The van der Waals surface area contributed by atoms with E-state index in [9.17, 15) is 18.0 Å². The Morgan fingerprint density at radius 2 is 2.05 bits per heavy atom. The maximum Gasteiger partial charge on any atom is 0.417 e. The van der Waals surface area contributed by atoms with Crippen molar-refractivity contribution >= 4 is 17.6 Å². The van der Waals surface area contributed by atoms with E-state index >= 15 is 0 Å². The number of hydrogen-bond acceptors (Lipinski definition) is 2. The van der Waals surface area contributed by atoms with E-state index in [0.29, 0.717) is 0 Å². The van der Waals surface area contributed by atoms with Gasteiger partial charge in [-0.05, 0) is 30.4 Å². The summed E-state index contributed by atoms with van der Waals surface area (Å²) in [5.74, 6) is -1.23. The lowest BCUT2D eigenvalue weighted by atomic mass is 9.92. The van der Waals surface area contributed by atoms with Crippen molar-refractivity contribution in [1.82, 2.24) is 0 Å². The first-order valence-corrected chi connectivity index (χ1v) is 6.17. The molecule has 2 nitrogen and oxygen atoms in total. The quantitative estimate of drug-likeness (QED) is 0.786. The molecule has 104 valence electrons. The van der Waals surface area contributed by atoms with Crippen molar-refractivity contribution in [3.8, 4) is 0 Å². The molecule has 0 heterocycles. The van der Waals surface area contributed by atoms with Crippen LogP contribution in [0.4, 0.5) is 13.2 Å². The fourth-order valence-corrected chi connectivity index (χ4v) is 2.49. The minimum Gasteiger partial charge on any atom is -0.469 e. The van der Waals surface area contributed by atoms with Crippen LogP contribution in [0.15, 0.2) is 18.2 Å². The van der Waals surface area contributed by atoms with E-state index in [1.165, 1.54) is 19.2 Å². The minimum atomic E-state index is -4.53. The van der Waals surface area contributed by atoms with Gasteiger partial charge in [0.15, 0.2) is 0 Å². The Balaban J connectivity index is 2.46. The van der Waals surface area contributed by atoms with Gasteiger partial charge in [-0.2, -0.15) is 13.2 Å². The van der Waals surface area contributed by atoms with Crippen molar-refractivity contribution in [3.05, 3.63) is 34.3 Å². The number of methoxy groups -OCH3 is 1. The highest BCUT2D eigenvalue weighted by Gasteiger charge is 2.41. The maximum absolute atomic E-state index is 12.8. The summed E-state index contributed by atoms with van der Waals surface area (Å²) in [6.45, 7) is 0. The van der Waals surface area contributed by atoms with E-state index < -0.39 is 28.6 Å². The lowest BCUT2D eigenvalue weighted by Gasteiger charge is -2.18. The van der Waals surface area contributed by atoms with Crippen LogP contribution >= 0.6 is 11.6 Å². The van der Waals surface area contributed by atoms with E-state index in [0.717, 1.165) is 18.9 Å². The minimum absolute atomic E-state index is 0.0217. The molecule has 2 rings (SSSR count). The predicted octanol–water partition coefficient (Wildman–Crippen LogP) is 4.03. The summed E-state index contributed by atoms with van der Waals surface area (Å²) in [5, 5.41) is -0.405. The highest BCUT2D eigenvalue weighted by molar-refractivity contribution is 6.32. The van der Waals surface area contributed by atoms with Gasteiger partial charge in [-0.25, -0.2) is 0 Å². The molecular weight excluding hydrogens is 281 g/mol. The molecule has 0 amide bonds. The van der Waals surface area contributed by atoms with Crippen LogP contribution in [0.5, 0.6) is 0 Å². The fraction of sp³-hybridized carbons (Fsp3) is 0.462. The number of esters is 1. The molecule has 1 fully saturated rings. The van der Waals surface area contributed by atoms with Crippen LogP contribution in [-0.4, -0.2) is 13.1 Å². The molecule has 1 aromatic rings. The van der Waals surface area contributed by atoms with Crippen LogP contribution < -0.4 is 0 Å². The number of ether oxygens (including phenoxy) is 1. The van der Waals surface area contributed by atoms with E-state index in [4.69, 9.17) is 11.6 Å². The largest absolute Gasteiger partial charge is 0.469 e. The summed E-state index contributed by atoms with van der Waals surface area (Å²) in [7, 11) is 1.22. The smallest absolute Gasteiger partial charge is 0.417 e. The molecule has 0 radical (unpaired) electrons. The van der Waals surface area contributed by atoms with E-state index in [1.807, 2.05) is 0 Å². The van der Waals surface area contributed by atoms with Gasteiger partial charge in [-0.15, -0.1) is 0 Å². The van der Waals surface area contributed by atoms with Gasteiger partial charge in [-0.1, -0.05) is 23.7 Å². The third-order valence-corrected chi connectivity index (χ3v) is 3.64. The monoisotopic (exact) mass is 292 g/mol. The zero-order valence-corrected chi connectivity index (χ0v) is 10.9. The lowest BCUT2D eigenvalue weighted by molar-refractivity contribution is -0.143. The van der Waals surface area contributed by atoms with Gasteiger partial charge in [0.1, 0.15) is 0 Å². The van der Waals surface area contributed by atoms with Crippen LogP contribution in [0.25, 0.3) is 0 Å². The van der Waals surface area contributed by atoms with Crippen LogP contribution in [0.1, 0.15) is 29.9 Å². The van der Waals surface area contributed by atoms with Crippen LogP contribution in [0, 0.1) is 5.92 Å². The van der Waals surface area contributed by atoms with Gasteiger partial charge in [0.05, 0.1) is 23.6 Å². The van der Waals surface area contributed by atoms with Crippen LogP contribution in [0.3, 0.4) is 0 Å². The van der Waals surface area contributed by atoms with Gasteiger partial charge in [0.25, 0.3) is 0 Å². The van der Waals surface area contributed by atoms with Gasteiger partial charge in [-0.3, -0.25) is 4.79 Å². The summed E-state index contributed by atoms with van der Waals surface area (Å²) in [5.41, 5.74) is -0.716. The van der Waals surface area contributed by atoms with Gasteiger partial charge < -0.3 is 4.74 Å². The Hall–Kier alpha value is -1.23. The highest BCUT2D eigenvalue weighted by atomic mass is 35.5. The molecule has 1 saturated carbocycles. The van der Waals surface area contributed by atoms with Crippen LogP contribution in [0.2, 0.25) is 5.02 Å². The SMILES string of the molecule is COC(=O)C(c1cccc(C(F)(F)F)c1Cl)C1CC1. The second-order valence-electron chi connectivity index (χ2n) is 4.54. The summed E-state index contributed by atoms with van der Waals surface area (Å²) in [4.78, 5) is 11.7. The molecule has 0 N–H and O–H groups in total. The molecule has 1 aromatic carbocycles. The first-order chi connectivity index (χ1) is 8.86. The number of benzene rings is 1. The molecular formula is C13H12ClF3O2. The third kappa shape index (κ3) is 2.86. The first-order valence-electron chi connectivity index (χ1n) is 5.79. The van der Waals surface area contributed by atoms with Crippen molar-refractivity contribution in [2.45, 2.75) is 24.9 Å². The van der Waals surface area contributed by atoms with Crippen molar-refractivity contribution < 1.29 is 22.7 Å². The van der Waals surface area contributed by atoms with Crippen molar-refractivity contribution in [2.75, 3.05) is 7.11 Å². The number of rotatable bonds is 3. The molecule has 1 atom stereocenters. The Morgan fingerprint density at radius 1 is 1.42 bits per heavy atom. The molecule has 0 saturated heterocycles. The second kappa shape index (κ2) is 5.04. The molecule has 0 bridgehead atoms. The molecule has 0 spiro atoms. The summed E-state index contributed by atoms with van der Waals surface area (Å²) >= 11 is 5.83. The van der Waals surface area contributed by atoms with Gasteiger partial charge >= 0.3 is 12.1 Å². The van der Waals surface area contributed by atoms with E-state index in [2.05, 4.69) is 4.74 Å². The van der Waals surface area contributed by atoms with Crippen molar-refractivity contribution in [1.29, 1.82) is 0 Å². The Labute approximate surface area is 113 Å². The number of carbonyl (C=O) groups excluding carboxylic acids is 1.